The lowest BCUT2D eigenvalue weighted by molar-refractivity contribution is -0.139. The number of aromatic nitrogens is 1. The van der Waals surface area contributed by atoms with E-state index in [9.17, 15) is 9.59 Å². The molecule has 25 heavy (non-hydrogen) atoms. The largest absolute Gasteiger partial charge is 0.463 e. The summed E-state index contributed by atoms with van der Waals surface area (Å²) in [5.74, 6) is 0.365. The SMILES string of the molecule is CCOC(=O)C1=C(C)NC(=O)NC1c1ccc(-c2cccnc2Cl)o1. The van der Waals surface area contributed by atoms with Crippen LogP contribution >= 0.6 is 11.6 Å². The van der Waals surface area contributed by atoms with E-state index in [0.29, 0.717) is 33.5 Å². The Kier molecular flexibility index (Phi) is 4.76. The standard InChI is InChI=1S/C17H16ClN3O4/c1-3-24-16(22)13-9(2)20-17(23)21-14(13)12-7-6-11(25-12)10-5-4-8-19-15(10)18/h4-8,14H,3H2,1-2H3,(H2,20,21,23). The summed E-state index contributed by atoms with van der Waals surface area (Å²) in [6.07, 6.45) is 1.58. The van der Waals surface area contributed by atoms with Crippen molar-refractivity contribution in [3.63, 3.8) is 0 Å². The molecule has 0 bridgehead atoms. The smallest absolute Gasteiger partial charge is 0.338 e. The fourth-order valence-corrected chi connectivity index (χ4v) is 2.82. The number of rotatable bonds is 4. The lowest BCUT2D eigenvalue weighted by Crippen LogP contribution is -2.45. The Hall–Kier alpha value is -2.80. The second-order valence-electron chi connectivity index (χ2n) is 5.33. The normalized spacial score (nSPS) is 17.1. The average molecular weight is 362 g/mol. The molecule has 0 spiro atoms. The van der Waals surface area contributed by atoms with Gasteiger partial charge in [0, 0.05) is 11.9 Å². The first kappa shape index (κ1) is 17.0. The summed E-state index contributed by atoms with van der Waals surface area (Å²) in [6, 6.07) is 5.73. The molecule has 0 aliphatic carbocycles. The van der Waals surface area contributed by atoms with Gasteiger partial charge in [0.25, 0.3) is 0 Å². The Labute approximate surface area is 149 Å². The molecule has 1 atom stereocenters. The predicted octanol–water partition coefficient (Wildman–Crippen LogP) is 3.19. The molecule has 1 unspecified atom stereocenters. The minimum Gasteiger partial charge on any atom is -0.463 e. The number of hydrogen-bond acceptors (Lipinski definition) is 5. The Morgan fingerprint density at radius 3 is 2.92 bits per heavy atom. The topological polar surface area (TPSA) is 93.5 Å². The summed E-state index contributed by atoms with van der Waals surface area (Å²) in [6.45, 7) is 3.58. The van der Waals surface area contributed by atoms with Crippen LogP contribution in [0.15, 0.2) is 46.1 Å². The van der Waals surface area contributed by atoms with E-state index in [1.54, 1.807) is 44.3 Å². The van der Waals surface area contributed by atoms with E-state index in [1.807, 2.05) is 0 Å². The number of pyridine rings is 1. The summed E-state index contributed by atoms with van der Waals surface area (Å²) in [4.78, 5) is 28.1. The van der Waals surface area contributed by atoms with E-state index in [2.05, 4.69) is 15.6 Å². The third kappa shape index (κ3) is 3.36. The molecular formula is C17H16ClN3O4. The zero-order valence-electron chi connectivity index (χ0n) is 13.6. The van der Waals surface area contributed by atoms with Crippen LogP contribution < -0.4 is 10.6 Å². The van der Waals surface area contributed by atoms with E-state index >= 15 is 0 Å². The summed E-state index contributed by atoms with van der Waals surface area (Å²) in [7, 11) is 0. The third-order valence-electron chi connectivity index (χ3n) is 3.70. The van der Waals surface area contributed by atoms with Crippen molar-refractivity contribution in [3.05, 3.63) is 52.6 Å². The molecule has 0 saturated heterocycles. The highest BCUT2D eigenvalue weighted by Gasteiger charge is 2.34. The summed E-state index contributed by atoms with van der Waals surface area (Å²) in [5.41, 5.74) is 1.33. The van der Waals surface area contributed by atoms with Gasteiger partial charge in [0.2, 0.25) is 0 Å². The number of amides is 2. The average Bonchev–Trinajstić information content (AvgIpc) is 3.04. The fourth-order valence-electron chi connectivity index (χ4n) is 2.61. The molecule has 8 heteroatoms. The van der Waals surface area contributed by atoms with Crippen molar-refractivity contribution in [2.75, 3.05) is 6.61 Å². The van der Waals surface area contributed by atoms with Crippen molar-refractivity contribution in [2.24, 2.45) is 0 Å². The number of halogens is 1. The van der Waals surface area contributed by atoms with E-state index in [-0.39, 0.29) is 6.61 Å². The van der Waals surface area contributed by atoms with Gasteiger partial charge in [0.15, 0.2) is 0 Å². The molecule has 2 amide bonds. The second kappa shape index (κ2) is 6.98. The van der Waals surface area contributed by atoms with Gasteiger partial charge in [-0.25, -0.2) is 14.6 Å². The number of nitrogens with zero attached hydrogens (tertiary/aromatic N) is 1. The lowest BCUT2D eigenvalue weighted by Gasteiger charge is -2.26. The number of ether oxygens (including phenoxy) is 1. The van der Waals surface area contributed by atoms with Crippen LogP contribution in [-0.2, 0) is 9.53 Å². The summed E-state index contributed by atoms with van der Waals surface area (Å²) >= 11 is 6.09. The molecule has 7 nitrogen and oxygen atoms in total. The first-order chi connectivity index (χ1) is 12.0. The molecule has 0 saturated carbocycles. The number of nitrogens with one attached hydrogen (secondary N) is 2. The predicted molar refractivity (Wildman–Crippen MR) is 90.7 cm³/mol. The number of allylic oxidation sites excluding steroid dienone is 1. The Bertz CT molecular complexity index is 859. The molecule has 3 heterocycles. The van der Waals surface area contributed by atoms with Gasteiger partial charge >= 0.3 is 12.0 Å². The Morgan fingerprint density at radius 1 is 1.40 bits per heavy atom. The van der Waals surface area contributed by atoms with Crippen LogP contribution in [0.1, 0.15) is 25.6 Å². The molecule has 130 valence electrons. The summed E-state index contributed by atoms with van der Waals surface area (Å²) in [5, 5.41) is 5.55. The molecule has 0 radical (unpaired) electrons. The first-order valence-electron chi connectivity index (χ1n) is 7.67. The number of hydrogen-bond donors (Lipinski definition) is 2. The van der Waals surface area contributed by atoms with Crippen LogP contribution in [0.2, 0.25) is 5.15 Å². The first-order valence-corrected chi connectivity index (χ1v) is 8.05. The van der Waals surface area contributed by atoms with Crippen LogP contribution in [0.4, 0.5) is 4.79 Å². The van der Waals surface area contributed by atoms with Crippen molar-refractivity contribution in [2.45, 2.75) is 19.9 Å². The van der Waals surface area contributed by atoms with E-state index in [0.717, 1.165) is 0 Å². The molecular weight excluding hydrogens is 346 g/mol. The zero-order valence-corrected chi connectivity index (χ0v) is 14.4. The molecule has 2 aromatic rings. The molecule has 3 rings (SSSR count). The number of carbonyl (C=O) groups is 2. The third-order valence-corrected chi connectivity index (χ3v) is 4.00. The maximum atomic E-state index is 12.3. The number of esters is 1. The maximum Gasteiger partial charge on any atom is 0.338 e. The maximum absolute atomic E-state index is 12.3. The highest BCUT2D eigenvalue weighted by Crippen LogP contribution is 2.33. The van der Waals surface area contributed by atoms with Crippen LogP contribution in [0.3, 0.4) is 0 Å². The second-order valence-corrected chi connectivity index (χ2v) is 5.69. The molecule has 2 N–H and O–H groups in total. The van der Waals surface area contributed by atoms with Crippen LogP contribution in [0, 0.1) is 0 Å². The van der Waals surface area contributed by atoms with Gasteiger partial charge in [0.1, 0.15) is 22.7 Å². The fraction of sp³-hybridized carbons (Fsp3) is 0.235. The quantitative estimate of drug-likeness (QED) is 0.644. The lowest BCUT2D eigenvalue weighted by atomic mass is 10.0. The van der Waals surface area contributed by atoms with Crippen molar-refractivity contribution in [1.29, 1.82) is 0 Å². The Balaban J connectivity index is 1.99. The summed E-state index contributed by atoms with van der Waals surface area (Å²) < 4.78 is 10.9. The molecule has 1 aliphatic heterocycles. The minimum absolute atomic E-state index is 0.227. The Morgan fingerprint density at radius 2 is 2.20 bits per heavy atom. The van der Waals surface area contributed by atoms with E-state index in [1.165, 1.54) is 0 Å². The minimum atomic E-state index is -0.753. The molecule has 1 aliphatic rings. The number of urea groups is 1. The van der Waals surface area contributed by atoms with Gasteiger partial charge in [-0.05, 0) is 38.1 Å². The molecule has 0 aromatic carbocycles. The van der Waals surface area contributed by atoms with Crippen LogP contribution in [-0.4, -0.2) is 23.6 Å². The van der Waals surface area contributed by atoms with Crippen LogP contribution in [0.25, 0.3) is 11.3 Å². The van der Waals surface area contributed by atoms with Gasteiger partial charge < -0.3 is 19.8 Å². The molecule has 0 fully saturated rings. The van der Waals surface area contributed by atoms with Crippen molar-refractivity contribution in [3.8, 4) is 11.3 Å². The van der Waals surface area contributed by atoms with Gasteiger partial charge in [-0.15, -0.1) is 0 Å². The van der Waals surface area contributed by atoms with Gasteiger partial charge in [0.05, 0.1) is 17.7 Å². The van der Waals surface area contributed by atoms with Gasteiger partial charge in [-0.3, -0.25) is 0 Å². The van der Waals surface area contributed by atoms with Crippen molar-refractivity contribution >= 4 is 23.6 Å². The van der Waals surface area contributed by atoms with Crippen LogP contribution in [0.5, 0.6) is 0 Å². The monoisotopic (exact) mass is 361 g/mol. The highest BCUT2D eigenvalue weighted by atomic mass is 35.5. The van der Waals surface area contributed by atoms with E-state index < -0.39 is 18.0 Å². The number of carbonyl (C=O) groups excluding carboxylic acids is 2. The number of furan rings is 1. The van der Waals surface area contributed by atoms with Gasteiger partial charge in [-0.1, -0.05) is 11.6 Å². The highest BCUT2D eigenvalue weighted by molar-refractivity contribution is 6.31. The van der Waals surface area contributed by atoms with Gasteiger partial charge in [-0.2, -0.15) is 0 Å². The van der Waals surface area contributed by atoms with Crippen molar-refractivity contribution in [1.82, 2.24) is 15.6 Å². The molecule has 2 aromatic heterocycles. The zero-order chi connectivity index (χ0) is 18.0. The van der Waals surface area contributed by atoms with Crippen molar-refractivity contribution < 1.29 is 18.7 Å². The van der Waals surface area contributed by atoms with E-state index in [4.69, 9.17) is 20.8 Å².